The molecule has 1 aliphatic carbocycles. The highest BCUT2D eigenvalue weighted by atomic mass is 16.4. The van der Waals surface area contributed by atoms with Crippen LogP contribution in [0.5, 0.6) is 0 Å². The number of amides is 2. The van der Waals surface area contributed by atoms with E-state index in [9.17, 15) is 14.4 Å². The fraction of sp³-hybridized carbons (Fsp3) is 0.438. The van der Waals surface area contributed by atoms with Crippen molar-refractivity contribution in [1.29, 1.82) is 0 Å². The van der Waals surface area contributed by atoms with Gasteiger partial charge in [-0.1, -0.05) is 45.0 Å². The summed E-state index contributed by atoms with van der Waals surface area (Å²) < 4.78 is 5.61. The van der Waals surface area contributed by atoms with Crippen molar-refractivity contribution in [3.63, 3.8) is 0 Å². The van der Waals surface area contributed by atoms with E-state index in [-0.39, 0.29) is 36.2 Å². The Balaban J connectivity index is 1.43. The summed E-state index contributed by atoms with van der Waals surface area (Å²) in [6, 6.07) is 14.6. The Bertz CT molecular complexity index is 1460. The minimum atomic E-state index is -0.962. The number of aliphatic carboxylic acids is 1. The van der Waals surface area contributed by atoms with Crippen LogP contribution < -0.4 is 5.32 Å². The zero-order chi connectivity index (χ0) is 28.7. The van der Waals surface area contributed by atoms with Gasteiger partial charge in [-0.15, -0.1) is 0 Å². The van der Waals surface area contributed by atoms with Crippen LogP contribution in [0.15, 0.2) is 64.2 Å². The Morgan fingerprint density at radius 3 is 2.48 bits per heavy atom. The monoisotopic (exact) mass is 543 g/mol. The number of hydrogen-bond acceptors (Lipinski definition) is 5. The summed E-state index contributed by atoms with van der Waals surface area (Å²) >= 11 is 0. The third-order valence-corrected chi connectivity index (χ3v) is 8.60. The molecule has 1 fully saturated rings. The van der Waals surface area contributed by atoms with Crippen molar-refractivity contribution in [3.8, 4) is 0 Å². The number of hydrogen-bond donors (Lipinski definition) is 2. The first kappa shape index (κ1) is 27.6. The second-order valence-electron chi connectivity index (χ2n) is 12.1. The minimum absolute atomic E-state index is 0.0661. The molecule has 2 amide bonds. The van der Waals surface area contributed by atoms with Crippen LogP contribution in [0.3, 0.4) is 0 Å². The van der Waals surface area contributed by atoms with Gasteiger partial charge in [-0.3, -0.25) is 19.4 Å². The second kappa shape index (κ2) is 10.6. The number of furan rings is 1. The van der Waals surface area contributed by atoms with E-state index in [1.807, 2.05) is 48.2 Å². The Hall–Kier alpha value is -3.94. The van der Waals surface area contributed by atoms with Gasteiger partial charge in [0.2, 0.25) is 0 Å². The molecule has 8 heteroatoms. The molecule has 1 spiro atoms. The van der Waals surface area contributed by atoms with Gasteiger partial charge in [0.25, 0.3) is 11.8 Å². The summed E-state index contributed by atoms with van der Waals surface area (Å²) in [5.74, 6) is -0.823. The third kappa shape index (κ3) is 5.27. The third-order valence-electron chi connectivity index (χ3n) is 8.60. The lowest BCUT2D eigenvalue weighted by Crippen LogP contribution is -2.50. The molecule has 0 bridgehead atoms. The van der Waals surface area contributed by atoms with Crippen molar-refractivity contribution in [3.05, 3.63) is 71.5 Å². The van der Waals surface area contributed by atoms with E-state index in [2.05, 4.69) is 26.1 Å². The zero-order valence-corrected chi connectivity index (χ0v) is 23.6. The lowest BCUT2D eigenvalue weighted by molar-refractivity contribution is -0.137. The molecule has 1 atom stereocenters. The van der Waals surface area contributed by atoms with Gasteiger partial charge in [-0.2, -0.15) is 0 Å². The molecule has 3 aromatic rings. The molecule has 40 heavy (non-hydrogen) atoms. The molecule has 2 aliphatic rings. The van der Waals surface area contributed by atoms with E-state index in [1.54, 1.807) is 18.4 Å². The Morgan fingerprint density at radius 1 is 1.12 bits per heavy atom. The number of carbonyl (C=O) groups excluding carboxylic acids is 2. The van der Waals surface area contributed by atoms with Gasteiger partial charge in [0.05, 0.1) is 18.7 Å². The number of carboxylic acid groups (broad SMARTS) is 1. The lowest BCUT2D eigenvalue weighted by Gasteiger charge is -2.46. The standard InChI is InChI=1S/C32H37N3O5/c1-20(21-5-8-23(9-6-21)29(38)33-17-13-27(36)37)35-30(39)28(24-10-7-22-14-18-40-26(22)19-24)34-32(35)15-11-25(12-16-32)31(2,3)4/h5-10,14,18-20,25H,11-13,15-17H2,1-4H3,(H,33,38)(H,36,37). The van der Waals surface area contributed by atoms with Crippen LogP contribution in [0.1, 0.15) is 87.3 Å². The van der Waals surface area contributed by atoms with E-state index in [1.165, 1.54) is 0 Å². The van der Waals surface area contributed by atoms with Crippen molar-refractivity contribution in [2.24, 2.45) is 16.3 Å². The van der Waals surface area contributed by atoms with E-state index in [0.29, 0.717) is 17.2 Å². The number of benzene rings is 2. The van der Waals surface area contributed by atoms with Crippen molar-refractivity contribution in [2.45, 2.75) is 71.5 Å². The van der Waals surface area contributed by atoms with Crippen LogP contribution in [0, 0.1) is 11.3 Å². The van der Waals surface area contributed by atoms with Gasteiger partial charge < -0.3 is 19.7 Å². The van der Waals surface area contributed by atoms with Gasteiger partial charge in [0.15, 0.2) is 0 Å². The number of aliphatic imine (C=N–C) groups is 1. The first-order valence-electron chi connectivity index (χ1n) is 14.0. The molecule has 5 rings (SSSR count). The van der Waals surface area contributed by atoms with Crippen LogP contribution in [0.25, 0.3) is 11.0 Å². The number of carbonyl (C=O) groups is 3. The molecule has 0 radical (unpaired) electrons. The van der Waals surface area contributed by atoms with Gasteiger partial charge in [0, 0.05) is 23.1 Å². The van der Waals surface area contributed by atoms with Crippen LogP contribution in [0.2, 0.25) is 0 Å². The fourth-order valence-electron chi connectivity index (χ4n) is 6.19. The number of carboxylic acids is 1. The summed E-state index contributed by atoms with van der Waals surface area (Å²) in [5, 5.41) is 12.4. The van der Waals surface area contributed by atoms with Gasteiger partial charge >= 0.3 is 5.97 Å². The SMILES string of the molecule is CC(c1ccc(C(=O)NCCC(=O)O)cc1)N1C(=O)C(c2ccc3ccoc3c2)=NC12CCC(C(C)(C)C)CC2. The molecule has 1 saturated carbocycles. The molecule has 8 nitrogen and oxygen atoms in total. The fourth-order valence-corrected chi connectivity index (χ4v) is 6.19. The van der Waals surface area contributed by atoms with Crippen molar-refractivity contribution in [1.82, 2.24) is 10.2 Å². The number of rotatable bonds is 7. The maximum absolute atomic E-state index is 14.1. The highest BCUT2D eigenvalue weighted by molar-refractivity contribution is 6.47. The molecule has 2 aromatic carbocycles. The Kier molecular flexibility index (Phi) is 7.29. The normalized spacial score (nSPS) is 22.0. The summed E-state index contributed by atoms with van der Waals surface area (Å²) in [4.78, 5) is 44.5. The quantitative estimate of drug-likeness (QED) is 0.382. The van der Waals surface area contributed by atoms with Gasteiger partial charge in [-0.25, -0.2) is 0 Å². The van der Waals surface area contributed by atoms with Crippen LogP contribution >= 0.6 is 0 Å². The maximum Gasteiger partial charge on any atom is 0.305 e. The molecular weight excluding hydrogens is 506 g/mol. The first-order chi connectivity index (χ1) is 19.0. The average molecular weight is 544 g/mol. The number of nitrogens with one attached hydrogen (secondary N) is 1. The average Bonchev–Trinajstić information content (AvgIpc) is 3.49. The smallest absolute Gasteiger partial charge is 0.305 e. The van der Waals surface area contributed by atoms with Gasteiger partial charge in [-0.05, 0) is 73.8 Å². The number of nitrogens with zero attached hydrogens (tertiary/aromatic N) is 2. The van der Waals surface area contributed by atoms with Crippen molar-refractivity contribution in [2.75, 3.05) is 6.54 Å². The predicted octanol–water partition coefficient (Wildman–Crippen LogP) is 5.96. The Labute approximate surface area is 234 Å². The van der Waals surface area contributed by atoms with Crippen molar-refractivity contribution >= 4 is 34.5 Å². The van der Waals surface area contributed by atoms with Crippen LogP contribution in [-0.2, 0) is 9.59 Å². The van der Waals surface area contributed by atoms with Crippen LogP contribution in [-0.4, -0.2) is 45.7 Å². The topological polar surface area (TPSA) is 112 Å². The minimum Gasteiger partial charge on any atom is -0.481 e. The molecule has 2 heterocycles. The predicted molar refractivity (Wildman–Crippen MR) is 153 cm³/mol. The van der Waals surface area contributed by atoms with E-state index < -0.39 is 11.6 Å². The lowest BCUT2D eigenvalue weighted by atomic mass is 9.69. The largest absolute Gasteiger partial charge is 0.481 e. The first-order valence-corrected chi connectivity index (χ1v) is 14.0. The summed E-state index contributed by atoms with van der Waals surface area (Å²) in [7, 11) is 0. The van der Waals surface area contributed by atoms with E-state index >= 15 is 0 Å². The molecular formula is C32H37N3O5. The van der Waals surface area contributed by atoms with Crippen molar-refractivity contribution < 1.29 is 23.9 Å². The Morgan fingerprint density at radius 2 is 1.82 bits per heavy atom. The van der Waals surface area contributed by atoms with E-state index in [4.69, 9.17) is 14.5 Å². The number of fused-ring (bicyclic) bond motifs is 1. The molecule has 210 valence electrons. The highest BCUT2D eigenvalue weighted by Crippen LogP contribution is 2.49. The summed E-state index contributed by atoms with van der Waals surface area (Å²) in [6.07, 6.45) is 5.08. The second-order valence-corrected chi connectivity index (χ2v) is 12.1. The maximum atomic E-state index is 14.1. The molecule has 0 saturated heterocycles. The molecule has 2 N–H and O–H groups in total. The van der Waals surface area contributed by atoms with E-state index in [0.717, 1.165) is 47.8 Å². The molecule has 1 unspecified atom stereocenters. The molecule has 1 aliphatic heterocycles. The summed E-state index contributed by atoms with van der Waals surface area (Å²) in [6.45, 7) is 8.93. The van der Waals surface area contributed by atoms with Gasteiger partial charge in [0.1, 0.15) is 17.0 Å². The molecule has 1 aromatic heterocycles. The summed E-state index contributed by atoms with van der Waals surface area (Å²) in [5.41, 5.74) is 2.87. The van der Waals surface area contributed by atoms with Crippen LogP contribution in [0.4, 0.5) is 0 Å². The zero-order valence-electron chi connectivity index (χ0n) is 23.6. The highest BCUT2D eigenvalue weighted by Gasteiger charge is 2.52.